The summed E-state index contributed by atoms with van der Waals surface area (Å²) < 4.78 is 2.13. The first-order valence-electron chi connectivity index (χ1n) is 9.47. The lowest BCUT2D eigenvalue weighted by molar-refractivity contribution is -0.115. The van der Waals surface area contributed by atoms with E-state index in [4.69, 9.17) is 0 Å². The molecule has 0 spiro atoms. The van der Waals surface area contributed by atoms with E-state index in [0.717, 1.165) is 29.4 Å². The van der Waals surface area contributed by atoms with E-state index in [1.807, 2.05) is 19.1 Å². The Morgan fingerprint density at radius 3 is 2.41 bits per heavy atom. The van der Waals surface area contributed by atoms with Crippen molar-refractivity contribution in [3.63, 3.8) is 0 Å². The van der Waals surface area contributed by atoms with Gasteiger partial charge in [0, 0.05) is 35.2 Å². The number of hydrogen-bond donors (Lipinski definition) is 1. The number of aromatic nitrogens is 4. The van der Waals surface area contributed by atoms with Crippen molar-refractivity contribution in [3.8, 4) is 11.4 Å². The molecule has 0 aliphatic heterocycles. The number of pyridine rings is 1. The standard InChI is InChI=1S/C21H21N5O2S/c1-13(27)15-3-5-17(6-4-15)23-20(28)14(2)29-21-25-24-19(26(21)18-7-8-18)16-9-11-22-12-10-16/h3-6,9-12,14,18H,7-8H2,1-2H3,(H,23,28)/t14-/m0/s1. The number of Topliss-reactive ketones (excluding diaryl/α,β-unsaturated/α-hetero) is 1. The number of ketones is 1. The molecule has 1 aromatic carbocycles. The van der Waals surface area contributed by atoms with Gasteiger partial charge in [0.15, 0.2) is 16.8 Å². The number of carbonyl (C=O) groups is 2. The average Bonchev–Trinajstić information content (AvgIpc) is 3.49. The summed E-state index contributed by atoms with van der Waals surface area (Å²) in [5.74, 6) is 0.683. The molecule has 29 heavy (non-hydrogen) atoms. The number of rotatable bonds is 7. The summed E-state index contributed by atoms with van der Waals surface area (Å²) in [7, 11) is 0. The van der Waals surface area contributed by atoms with Crippen LogP contribution in [-0.4, -0.2) is 36.7 Å². The number of nitrogens with one attached hydrogen (secondary N) is 1. The predicted octanol–water partition coefficient (Wildman–Crippen LogP) is 4.00. The van der Waals surface area contributed by atoms with Gasteiger partial charge in [0.05, 0.1) is 5.25 Å². The number of hydrogen-bond acceptors (Lipinski definition) is 6. The molecule has 1 aliphatic rings. The Kier molecular flexibility index (Phi) is 5.44. The summed E-state index contributed by atoms with van der Waals surface area (Å²) in [6.07, 6.45) is 5.66. The summed E-state index contributed by atoms with van der Waals surface area (Å²) in [4.78, 5) is 28.1. The zero-order chi connectivity index (χ0) is 20.4. The molecule has 1 fully saturated rings. The minimum Gasteiger partial charge on any atom is -0.325 e. The van der Waals surface area contributed by atoms with Crippen molar-refractivity contribution in [2.45, 2.75) is 43.1 Å². The topological polar surface area (TPSA) is 89.8 Å². The number of amides is 1. The van der Waals surface area contributed by atoms with Crippen LogP contribution in [0.3, 0.4) is 0 Å². The Bertz CT molecular complexity index is 1030. The van der Waals surface area contributed by atoms with Crippen LogP contribution in [0.1, 0.15) is 43.1 Å². The molecular weight excluding hydrogens is 386 g/mol. The molecule has 0 saturated heterocycles. The first-order chi connectivity index (χ1) is 14.0. The number of anilines is 1. The molecule has 1 aliphatic carbocycles. The highest BCUT2D eigenvalue weighted by molar-refractivity contribution is 8.00. The SMILES string of the molecule is CC(=O)c1ccc(NC(=O)[C@H](C)Sc2nnc(-c3ccncc3)n2C2CC2)cc1. The maximum atomic E-state index is 12.6. The number of carbonyl (C=O) groups excluding carboxylic acids is 2. The molecule has 1 amide bonds. The highest BCUT2D eigenvalue weighted by atomic mass is 32.2. The molecule has 2 aromatic heterocycles. The van der Waals surface area contributed by atoms with Crippen LogP contribution in [0.5, 0.6) is 0 Å². The van der Waals surface area contributed by atoms with Crippen molar-refractivity contribution in [2.75, 3.05) is 5.32 Å². The quantitative estimate of drug-likeness (QED) is 0.470. The zero-order valence-corrected chi connectivity index (χ0v) is 17.0. The molecule has 8 heteroatoms. The fourth-order valence-electron chi connectivity index (χ4n) is 2.96. The molecule has 0 radical (unpaired) electrons. The van der Waals surface area contributed by atoms with Gasteiger partial charge in [0.1, 0.15) is 0 Å². The molecule has 1 N–H and O–H groups in total. The zero-order valence-electron chi connectivity index (χ0n) is 16.2. The minimum atomic E-state index is -0.352. The Morgan fingerprint density at radius 1 is 1.10 bits per heavy atom. The van der Waals surface area contributed by atoms with Crippen LogP contribution >= 0.6 is 11.8 Å². The van der Waals surface area contributed by atoms with Crippen LogP contribution in [-0.2, 0) is 4.79 Å². The molecule has 148 valence electrons. The number of nitrogens with zero attached hydrogens (tertiary/aromatic N) is 4. The van der Waals surface area contributed by atoms with Crippen LogP contribution in [0.4, 0.5) is 5.69 Å². The lowest BCUT2D eigenvalue weighted by Crippen LogP contribution is -2.23. The van der Waals surface area contributed by atoms with Crippen molar-refractivity contribution < 1.29 is 9.59 Å². The summed E-state index contributed by atoms with van der Waals surface area (Å²) in [6, 6.07) is 11.1. The van der Waals surface area contributed by atoms with Gasteiger partial charge in [-0.1, -0.05) is 11.8 Å². The first kappa shape index (κ1) is 19.3. The second-order valence-corrected chi connectivity index (χ2v) is 8.33. The van der Waals surface area contributed by atoms with Gasteiger partial charge in [0.25, 0.3) is 0 Å². The highest BCUT2D eigenvalue weighted by Gasteiger charge is 2.31. The summed E-state index contributed by atoms with van der Waals surface area (Å²) in [6.45, 7) is 3.37. The van der Waals surface area contributed by atoms with Gasteiger partial charge in [-0.2, -0.15) is 0 Å². The van der Waals surface area contributed by atoms with Gasteiger partial charge in [-0.25, -0.2) is 0 Å². The van der Waals surface area contributed by atoms with Crippen LogP contribution < -0.4 is 5.32 Å². The van der Waals surface area contributed by atoms with Crippen molar-refractivity contribution in [3.05, 3.63) is 54.4 Å². The van der Waals surface area contributed by atoms with E-state index in [2.05, 4.69) is 25.1 Å². The normalized spacial score (nSPS) is 14.4. The monoisotopic (exact) mass is 407 g/mol. The minimum absolute atomic E-state index is 0.00351. The molecular formula is C21H21N5O2S. The van der Waals surface area contributed by atoms with Gasteiger partial charge >= 0.3 is 0 Å². The molecule has 1 atom stereocenters. The van der Waals surface area contributed by atoms with Crippen molar-refractivity contribution >= 4 is 29.1 Å². The molecule has 1 saturated carbocycles. The summed E-state index contributed by atoms with van der Waals surface area (Å²) in [5, 5.41) is 12.0. The fourth-order valence-corrected chi connectivity index (χ4v) is 3.88. The Hall–Kier alpha value is -3.00. The summed E-state index contributed by atoms with van der Waals surface area (Å²) >= 11 is 1.40. The van der Waals surface area contributed by atoms with Gasteiger partial charge < -0.3 is 5.32 Å². The van der Waals surface area contributed by atoms with E-state index in [1.165, 1.54) is 18.7 Å². The third-order valence-electron chi connectivity index (χ3n) is 4.73. The lowest BCUT2D eigenvalue weighted by Gasteiger charge is -2.13. The predicted molar refractivity (Wildman–Crippen MR) is 112 cm³/mol. The van der Waals surface area contributed by atoms with E-state index in [0.29, 0.717) is 17.3 Å². The Morgan fingerprint density at radius 2 is 1.79 bits per heavy atom. The largest absolute Gasteiger partial charge is 0.325 e. The smallest absolute Gasteiger partial charge is 0.237 e. The summed E-state index contributed by atoms with van der Waals surface area (Å²) in [5.41, 5.74) is 2.24. The maximum absolute atomic E-state index is 12.6. The van der Waals surface area contributed by atoms with Crippen molar-refractivity contribution in [1.29, 1.82) is 0 Å². The molecule has 0 bridgehead atoms. The first-order valence-corrected chi connectivity index (χ1v) is 10.3. The Labute approximate surface area is 173 Å². The lowest BCUT2D eigenvalue weighted by atomic mass is 10.1. The molecule has 7 nitrogen and oxygen atoms in total. The molecule has 3 aromatic rings. The van der Waals surface area contributed by atoms with Crippen LogP contribution in [0, 0.1) is 0 Å². The fraction of sp³-hybridized carbons (Fsp3) is 0.286. The molecule has 2 heterocycles. The van der Waals surface area contributed by atoms with Crippen LogP contribution in [0.25, 0.3) is 11.4 Å². The van der Waals surface area contributed by atoms with Gasteiger partial charge in [-0.15, -0.1) is 10.2 Å². The van der Waals surface area contributed by atoms with Crippen molar-refractivity contribution in [2.24, 2.45) is 0 Å². The highest BCUT2D eigenvalue weighted by Crippen LogP contribution is 2.41. The maximum Gasteiger partial charge on any atom is 0.237 e. The van der Waals surface area contributed by atoms with Crippen molar-refractivity contribution in [1.82, 2.24) is 19.7 Å². The van der Waals surface area contributed by atoms with E-state index in [1.54, 1.807) is 36.7 Å². The van der Waals surface area contributed by atoms with Crippen LogP contribution in [0.15, 0.2) is 53.9 Å². The third kappa shape index (κ3) is 4.37. The van der Waals surface area contributed by atoms with Gasteiger partial charge in [-0.3, -0.25) is 19.1 Å². The second kappa shape index (κ2) is 8.16. The van der Waals surface area contributed by atoms with E-state index in [9.17, 15) is 9.59 Å². The van der Waals surface area contributed by atoms with E-state index < -0.39 is 0 Å². The van der Waals surface area contributed by atoms with E-state index >= 15 is 0 Å². The second-order valence-electron chi connectivity index (χ2n) is 7.03. The number of thioether (sulfide) groups is 1. The Balaban J connectivity index is 1.48. The van der Waals surface area contributed by atoms with Gasteiger partial charge in [0.2, 0.25) is 5.91 Å². The van der Waals surface area contributed by atoms with Crippen LogP contribution in [0.2, 0.25) is 0 Å². The molecule has 0 unspecified atom stereocenters. The average molecular weight is 407 g/mol. The third-order valence-corrected chi connectivity index (χ3v) is 5.78. The van der Waals surface area contributed by atoms with E-state index in [-0.39, 0.29) is 16.9 Å². The number of benzene rings is 1. The van der Waals surface area contributed by atoms with Gasteiger partial charge in [-0.05, 0) is 63.1 Å². The molecule has 4 rings (SSSR count).